The highest BCUT2D eigenvalue weighted by atomic mass is 16.5. The van der Waals surface area contributed by atoms with Crippen molar-refractivity contribution in [1.82, 2.24) is 9.38 Å². The summed E-state index contributed by atoms with van der Waals surface area (Å²) >= 11 is 0. The molecule has 3 aromatic carbocycles. The van der Waals surface area contributed by atoms with E-state index in [9.17, 15) is 10.5 Å². The van der Waals surface area contributed by atoms with Crippen LogP contribution in [0.15, 0.2) is 72.8 Å². The highest BCUT2D eigenvalue weighted by Gasteiger charge is 2.23. The largest absolute Gasteiger partial charge is 0.493 e. The fourth-order valence-electron chi connectivity index (χ4n) is 4.10. The fraction of sp³-hybridized carbons (Fsp3) is 0.0741. The van der Waals surface area contributed by atoms with Crippen LogP contribution in [0.4, 0.5) is 5.82 Å². The smallest absolute Gasteiger partial charge is 0.161 e. The van der Waals surface area contributed by atoms with Crippen molar-refractivity contribution < 1.29 is 9.47 Å². The number of hydrogen-bond acceptors (Lipinski definition) is 6. The monoisotopic (exact) mass is 445 g/mol. The number of nitriles is 2. The molecule has 0 radical (unpaired) electrons. The number of anilines is 1. The van der Waals surface area contributed by atoms with Crippen LogP contribution in [0.25, 0.3) is 27.8 Å². The number of pyridine rings is 1. The van der Waals surface area contributed by atoms with Crippen molar-refractivity contribution in [3.05, 3.63) is 89.5 Å². The van der Waals surface area contributed by atoms with Crippen molar-refractivity contribution in [2.75, 3.05) is 12.8 Å². The lowest BCUT2D eigenvalue weighted by Gasteiger charge is -2.15. The van der Waals surface area contributed by atoms with E-state index in [0.29, 0.717) is 40.4 Å². The molecule has 0 aliphatic rings. The highest BCUT2D eigenvalue weighted by molar-refractivity contribution is 5.93. The Morgan fingerprint density at radius 1 is 0.912 bits per heavy atom. The first-order valence-corrected chi connectivity index (χ1v) is 10.5. The first-order valence-electron chi connectivity index (χ1n) is 10.5. The second kappa shape index (κ2) is 8.50. The molecule has 7 nitrogen and oxygen atoms in total. The number of imidazole rings is 1. The van der Waals surface area contributed by atoms with Gasteiger partial charge in [-0.2, -0.15) is 10.5 Å². The maximum Gasteiger partial charge on any atom is 0.161 e. The molecule has 0 saturated heterocycles. The SMILES string of the molecule is COc1cc(-c2c(C#N)c(N)n3c(nc4ccccc43)c2C#N)ccc1OCc1ccccc1. The number of nitrogens with zero attached hydrogens (tertiary/aromatic N) is 4. The predicted octanol–water partition coefficient (Wildman–Crippen LogP) is 5.07. The summed E-state index contributed by atoms with van der Waals surface area (Å²) in [4.78, 5) is 4.63. The van der Waals surface area contributed by atoms with Gasteiger partial charge >= 0.3 is 0 Å². The van der Waals surface area contributed by atoms with Gasteiger partial charge in [0.2, 0.25) is 0 Å². The molecule has 5 rings (SSSR count). The van der Waals surface area contributed by atoms with Gasteiger partial charge in [-0.15, -0.1) is 0 Å². The molecule has 2 heterocycles. The van der Waals surface area contributed by atoms with E-state index in [1.165, 1.54) is 0 Å². The summed E-state index contributed by atoms with van der Waals surface area (Å²) in [6.45, 7) is 0.378. The lowest BCUT2D eigenvalue weighted by Crippen LogP contribution is -2.06. The molecule has 0 spiro atoms. The average Bonchev–Trinajstić information content (AvgIpc) is 3.27. The number of fused-ring (bicyclic) bond motifs is 3. The maximum atomic E-state index is 10.1. The molecule has 0 bridgehead atoms. The summed E-state index contributed by atoms with van der Waals surface area (Å²) in [7, 11) is 1.55. The van der Waals surface area contributed by atoms with Crippen LogP contribution in [-0.4, -0.2) is 16.5 Å². The molecule has 34 heavy (non-hydrogen) atoms. The van der Waals surface area contributed by atoms with E-state index in [-0.39, 0.29) is 16.9 Å². The van der Waals surface area contributed by atoms with E-state index in [1.807, 2.05) is 54.6 Å². The molecule has 0 aliphatic carbocycles. The Hall–Kier alpha value is -5.01. The summed E-state index contributed by atoms with van der Waals surface area (Å²) in [5, 5.41) is 20.1. The first-order chi connectivity index (χ1) is 16.7. The maximum absolute atomic E-state index is 10.1. The topological polar surface area (TPSA) is 109 Å². The van der Waals surface area contributed by atoms with Crippen LogP contribution in [0.5, 0.6) is 11.5 Å². The zero-order valence-electron chi connectivity index (χ0n) is 18.3. The summed E-state index contributed by atoms with van der Waals surface area (Å²) < 4.78 is 13.2. The van der Waals surface area contributed by atoms with Gasteiger partial charge in [-0.05, 0) is 35.4 Å². The Bertz CT molecular complexity index is 1630. The number of para-hydroxylation sites is 2. The number of rotatable bonds is 5. The molecule has 0 amide bonds. The van der Waals surface area contributed by atoms with Crippen LogP contribution in [0, 0.1) is 22.7 Å². The highest BCUT2D eigenvalue weighted by Crippen LogP contribution is 2.39. The number of ether oxygens (including phenoxy) is 2. The van der Waals surface area contributed by atoms with Gasteiger partial charge < -0.3 is 15.2 Å². The molecule has 2 N–H and O–H groups in total. The van der Waals surface area contributed by atoms with Crippen LogP contribution in [0.2, 0.25) is 0 Å². The number of methoxy groups -OCH3 is 1. The first kappa shape index (κ1) is 20.9. The van der Waals surface area contributed by atoms with Gasteiger partial charge in [-0.1, -0.05) is 48.5 Å². The predicted molar refractivity (Wildman–Crippen MR) is 129 cm³/mol. The van der Waals surface area contributed by atoms with Gasteiger partial charge in [0.15, 0.2) is 17.1 Å². The second-order valence-corrected chi connectivity index (χ2v) is 7.63. The third kappa shape index (κ3) is 3.33. The third-order valence-electron chi connectivity index (χ3n) is 5.69. The Labute approximate surface area is 195 Å². The average molecular weight is 445 g/mol. The zero-order chi connectivity index (χ0) is 23.7. The van der Waals surface area contributed by atoms with Crippen LogP contribution >= 0.6 is 0 Å². The third-order valence-corrected chi connectivity index (χ3v) is 5.69. The van der Waals surface area contributed by atoms with Gasteiger partial charge in [-0.25, -0.2) is 4.98 Å². The van der Waals surface area contributed by atoms with Gasteiger partial charge in [-0.3, -0.25) is 4.40 Å². The molecule has 2 aromatic heterocycles. The standard InChI is InChI=1S/C27H19N5O2/c1-33-24-13-18(11-12-23(24)34-16-17-7-3-2-4-8-17)25-19(14-28)26(30)32-22-10-6-5-9-21(22)31-27(32)20(25)15-29/h2-13H,16,30H2,1H3. The Morgan fingerprint density at radius 2 is 1.65 bits per heavy atom. The van der Waals surface area contributed by atoms with Crippen molar-refractivity contribution in [3.63, 3.8) is 0 Å². The van der Waals surface area contributed by atoms with Crippen LogP contribution in [0.1, 0.15) is 16.7 Å². The minimum absolute atomic E-state index is 0.201. The molecule has 0 fully saturated rings. The van der Waals surface area contributed by atoms with E-state index >= 15 is 0 Å². The van der Waals surface area contributed by atoms with Gasteiger partial charge in [0.05, 0.1) is 18.1 Å². The lowest BCUT2D eigenvalue weighted by molar-refractivity contribution is 0.284. The van der Waals surface area contributed by atoms with E-state index in [0.717, 1.165) is 11.1 Å². The molecule has 0 aliphatic heterocycles. The van der Waals surface area contributed by atoms with E-state index < -0.39 is 0 Å². The van der Waals surface area contributed by atoms with Crippen LogP contribution in [-0.2, 0) is 6.61 Å². The molecular weight excluding hydrogens is 426 g/mol. The van der Waals surface area contributed by atoms with Gasteiger partial charge in [0.1, 0.15) is 35.7 Å². The lowest BCUT2D eigenvalue weighted by atomic mass is 9.96. The van der Waals surface area contributed by atoms with E-state index in [1.54, 1.807) is 29.7 Å². The number of aromatic nitrogens is 2. The summed E-state index contributed by atoms with van der Waals surface area (Å²) in [6.07, 6.45) is 0. The second-order valence-electron chi connectivity index (χ2n) is 7.63. The number of nitrogens with two attached hydrogens (primary N) is 1. The number of benzene rings is 3. The summed E-state index contributed by atoms with van der Waals surface area (Å²) in [5.74, 6) is 1.25. The molecular formula is C27H19N5O2. The quantitative estimate of drug-likeness (QED) is 0.405. The Morgan fingerprint density at radius 3 is 2.38 bits per heavy atom. The van der Waals surface area contributed by atoms with Gasteiger partial charge in [0, 0.05) is 5.56 Å². The normalized spacial score (nSPS) is 10.7. The molecule has 7 heteroatoms. The summed E-state index contributed by atoms with van der Waals surface area (Å²) in [6, 6.07) is 27.0. The van der Waals surface area contributed by atoms with Crippen molar-refractivity contribution in [2.24, 2.45) is 0 Å². The minimum Gasteiger partial charge on any atom is -0.493 e. The van der Waals surface area contributed by atoms with Crippen LogP contribution in [0.3, 0.4) is 0 Å². The van der Waals surface area contributed by atoms with E-state index in [4.69, 9.17) is 15.2 Å². The molecule has 0 atom stereocenters. The Kier molecular flexibility index (Phi) is 5.21. The molecule has 0 saturated carbocycles. The minimum atomic E-state index is 0.201. The number of hydrogen-bond donors (Lipinski definition) is 1. The Balaban J connectivity index is 1.67. The van der Waals surface area contributed by atoms with Crippen molar-refractivity contribution in [1.29, 1.82) is 10.5 Å². The molecule has 164 valence electrons. The molecule has 5 aromatic rings. The number of nitrogen functional groups attached to an aromatic ring is 1. The van der Waals surface area contributed by atoms with Crippen molar-refractivity contribution >= 4 is 22.5 Å². The van der Waals surface area contributed by atoms with E-state index in [2.05, 4.69) is 17.1 Å². The molecule has 0 unspecified atom stereocenters. The zero-order valence-corrected chi connectivity index (χ0v) is 18.3. The van der Waals surface area contributed by atoms with Gasteiger partial charge in [0.25, 0.3) is 0 Å². The van der Waals surface area contributed by atoms with Crippen LogP contribution < -0.4 is 15.2 Å². The van der Waals surface area contributed by atoms with Crippen molar-refractivity contribution in [3.8, 4) is 34.8 Å². The van der Waals surface area contributed by atoms with Crippen molar-refractivity contribution in [2.45, 2.75) is 6.61 Å². The summed E-state index contributed by atoms with van der Waals surface area (Å²) in [5.41, 5.74) is 10.8. The fourth-order valence-corrected chi connectivity index (χ4v) is 4.10.